The highest BCUT2D eigenvalue weighted by Crippen LogP contribution is 2.24. The number of carbonyl (C=O) groups excluding carboxylic acids is 1. The summed E-state index contributed by atoms with van der Waals surface area (Å²) in [5, 5.41) is 26.3. The average Bonchev–Trinajstić information content (AvgIpc) is 3.17. The van der Waals surface area contributed by atoms with E-state index in [-0.39, 0.29) is 31.0 Å². The van der Waals surface area contributed by atoms with Crippen LogP contribution in [0.4, 0.5) is 4.79 Å². The van der Waals surface area contributed by atoms with Crippen LogP contribution in [0.2, 0.25) is 0 Å². The largest absolute Gasteiger partial charge is 0.465 e. The number of nitrogens with zero attached hydrogens (tertiary/aromatic N) is 4. The highest BCUT2D eigenvalue weighted by atomic mass is 16.4. The summed E-state index contributed by atoms with van der Waals surface area (Å²) < 4.78 is 1.81. The van der Waals surface area contributed by atoms with Crippen molar-refractivity contribution in [1.29, 1.82) is 5.26 Å². The Kier molecular flexibility index (Phi) is 4.80. The van der Waals surface area contributed by atoms with Crippen LogP contribution in [-0.2, 0) is 0 Å². The molecular formula is C18H21N5O3. The number of nitriles is 1. The molecule has 0 spiro atoms. The van der Waals surface area contributed by atoms with E-state index >= 15 is 0 Å². The lowest BCUT2D eigenvalue weighted by Gasteiger charge is -2.18. The van der Waals surface area contributed by atoms with E-state index in [0.29, 0.717) is 12.1 Å². The van der Waals surface area contributed by atoms with Gasteiger partial charge in [-0.25, -0.2) is 4.79 Å². The fraction of sp³-hybridized carbons (Fsp3) is 0.444. The Labute approximate surface area is 151 Å². The number of rotatable bonds is 4. The van der Waals surface area contributed by atoms with Crippen LogP contribution in [0.1, 0.15) is 43.2 Å². The number of likely N-dealkylation sites (tertiary alicyclic amines) is 1. The predicted octanol–water partition coefficient (Wildman–Crippen LogP) is 2.38. The maximum Gasteiger partial charge on any atom is 0.407 e. The zero-order valence-corrected chi connectivity index (χ0v) is 14.7. The monoisotopic (exact) mass is 355 g/mol. The van der Waals surface area contributed by atoms with E-state index in [0.717, 1.165) is 10.9 Å². The lowest BCUT2D eigenvalue weighted by Crippen LogP contribution is -2.39. The fourth-order valence-corrected chi connectivity index (χ4v) is 3.46. The summed E-state index contributed by atoms with van der Waals surface area (Å²) >= 11 is 0. The molecule has 1 aromatic carbocycles. The number of benzene rings is 1. The lowest BCUT2D eigenvalue weighted by atomic mass is 10.1. The molecule has 2 atom stereocenters. The molecule has 0 aliphatic carbocycles. The van der Waals surface area contributed by atoms with Crippen molar-refractivity contribution in [2.45, 2.75) is 44.8 Å². The number of carboxylic acid groups (broad SMARTS) is 1. The summed E-state index contributed by atoms with van der Waals surface area (Å²) in [6.45, 7) is 4.17. The number of nitrogens with one attached hydrogen (secondary N) is 1. The van der Waals surface area contributed by atoms with Crippen molar-refractivity contribution in [3.63, 3.8) is 0 Å². The smallest absolute Gasteiger partial charge is 0.407 e. The van der Waals surface area contributed by atoms with Crippen molar-refractivity contribution in [2.24, 2.45) is 0 Å². The second-order valence-electron chi connectivity index (χ2n) is 6.76. The van der Waals surface area contributed by atoms with Crippen molar-refractivity contribution >= 4 is 22.9 Å². The van der Waals surface area contributed by atoms with Crippen molar-refractivity contribution in [1.82, 2.24) is 20.0 Å². The molecule has 8 nitrogen and oxygen atoms in total. The Hall–Kier alpha value is -3.08. The maximum atomic E-state index is 12.8. The van der Waals surface area contributed by atoms with Crippen molar-refractivity contribution in [2.75, 3.05) is 6.54 Å². The molecule has 1 saturated heterocycles. The number of carbonyl (C=O) groups is 2. The van der Waals surface area contributed by atoms with Crippen LogP contribution in [0.15, 0.2) is 24.3 Å². The number of hydrogen-bond donors (Lipinski definition) is 2. The molecule has 1 aliphatic rings. The maximum absolute atomic E-state index is 12.8. The Bertz CT molecular complexity index is 883. The van der Waals surface area contributed by atoms with E-state index in [1.54, 1.807) is 4.68 Å². The number of hydrogen-bond acceptors (Lipinski definition) is 4. The van der Waals surface area contributed by atoms with Gasteiger partial charge in [0.1, 0.15) is 0 Å². The molecule has 0 bridgehead atoms. The Morgan fingerprint density at radius 1 is 1.42 bits per heavy atom. The minimum Gasteiger partial charge on any atom is -0.465 e. The molecule has 2 aromatic rings. The van der Waals surface area contributed by atoms with Crippen molar-refractivity contribution in [3.05, 3.63) is 30.0 Å². The summed E-state index contributed by atoms with van der Waals surface area (Å²) in [6.07, 6.45) is -0.533. The topological polar surface area (TPSA) is 111 Å². The summed E-state index contributed by atoms with van der Waals surface area (Å²) in [4.78, 5) is 25.3. The Morgan fingerprint density at radius 3 is 2.81 bits per heavy atom. The van der Waals surface area contributed by atoms with Crippen molar-refractivity contribution < 1.29 is 14.7 Å². The van der Waals surface area contributed by atoms with Crippen LogP contribution in [-0.4, -0.2) is 50.4 Å². The molecule has 2 heterocycles. The van der Waals surface area contributed by atoms with E-state index < -0.39 is 12.1 Å². The molecule has 1 aliphatic heterocycles. The van der Waals surface area contributed by atoms with Gasteiger partial charge in [-0.3, -0.25) is 9.48 Å². The predicted molar refractivity (Wildman–Crippen MR) is 94.7 cm³/mol. The minimum absolute atomic E-state index is 0.107. The molecular weight excluding hydrogens is 334 g/mol. The molecule has 26 heavy (non-hydrogen) atoms. The lowest BCUT2D eigenvalue weighted by molar-refractivity contribution is 0.0931. The molecule has 1 fully saturated rings. The van der Waals surface area contributed by atoms with E-state index in [4.69, 9.17) is 5.26 Å². The molecule has 2 amide bonds. The quantitative estimate of drug-likeness (QED) is 0.874. The van der Waals surface area contributed by atoms with Gasteiger partial charge in [0.15, 0.2) is 5.69 Å². The SMILES string of the molecule is CC(C)n1nc(C(=O)N[C@H]2C[C@@H](CC#N)N(C(=O)O)C2)c2ccccc21. The van der Waals surface area contributed by atoms with Gasteiger partial charge in [0.05, 0.1) is 24.0 Å². The first-order chi connectivity index (χ1) is 12.4. The first kappa shape index (κ1) is 17.7. The van der Waals surface area contributed by atoms with Gasteiger partial charge in [0, 0.05) is 24.0 Å². The highest BCUT2D eigenvalue weighted by molar-refractivity contribution is 6.05. The molecule has 0 unspecified atom stereocenters. The molecule has 2 N–H and O–H groups in total. The van der Waals surface area contributed by atoms with Gasteiger partial charge < -0.3 is 15.3 Å². The molecule has 0 saturated carbocycles. The molecule has 0 radical (unpaired) electrons. The van der Waals surface area contributed by atoms with Gasteiger partial charge in [-0.1, -0.05) is 18.2 Å². The van der Waals surface area contributed by atoms with Crippen LogP contribution in [0.5, 0.6) is 0 Å². The van der Waals surface area contributed by atoms with Crippen molar-refractivity contribution in [3.8, 4) is 6.07 Å². The van der Waals surface area contributed by atoms with Crippen LogP contribution < -0.4 is 5.32 Å². The standard InChI is InChI=1S/C18H21N5O3/c1-11(2)23-15-6-4-3-5-14(15)16(21-23)17(24)20-12-9-13(7-8-19)22(10-12)18(25)26/h3-6,11-13H,7,9-10H2,1-2H3,(H,20,24)(H,25,26)/t12-,13+/m0/s1. The third kappa shape index (κ3) is 3.20. The average molecular weight is 355 g/mol. The van der Waals surface area contributed by atoms with Crippen LogP contribution in [0.3, 0.4) is 0 Å². The first-order valence-electron chi connectivity index (χ1n) is 8.57. The van der Waals surface area contributed by atoms with Crippen LogP contribution in [0, 0.1) is 11.3 Å². The Balaban J connectivity index is 1.82. The second kappa shape index (κ2) is 7.04. The molecule has 3 rings (SSSR count). The molecule has 136 valence electrons. The second-order valence-corrected chi connectivity index (χ2v) is 6.76. The number of para-hydroxylation sites is 1. The van der Waals surface area contributed by atoms with E-state index in [1.165, 1.54) is 4.90 Å². The highest BCUT2D eigenvalue weighted by Gasteiger charge is 2.36. The molecule has 1 aromatic heterocycles. The minimum atomic E-state index is -1.07. The van der Waals surface area contributed by atoms with E-state index in [2.05, 4.69) is 10.4 Å². The van der Waals surface area contributed by atoms with Gasteiger partial charge in [-0.15, -0.1) is 0 Å². The Morgan fingerprint density at radius 2 is 2.15 bits per heavy atom. The number of aromatic nitrogens is 2. The zero-order chi connectivity index (χ0) is 18.8. The summed E-state index contributed by atoms with van der Waals surface area (Å²) in [5.74, 6) is -0.325. The van der Waals surface area contributed by atoms with Gasteiger partial charge in [0.2, 0.25) is 0 Å². The summed E-state index contributed by atoms with van der Waals surface area (Å²) in [7, 11) is 0. The van der Waals surface area contributed by atoms with Crippen LogP contribution >= 0.6 is 0 Å². The number of amides is 2. The summed E-state index contributed by atoms with van der Waals surface area (Å²) in [5.41, 5.74) is 1.22. The molecule has 8 heteroatoms. The van der Waals surface area contributed by atoms with Gasteiger partial charge in [0.25, 0.3) is 5.91 Å². The third-order valence-electron chi connectivity index (χ3n) is 4.64. The number of fused-ring (bicyclic) bond motifs is 1. The van der Waals surface area contributed by atoms with Gasteiger partial charge in [-0.05, 0) is 26.3 Å². The zero-order valence-electron chi connectivity index (χ0n) is 14.7. The summed E-state index contributed by atoms with van der Waals surface area (Å²) in [6, 6.07) is 8.92. The van der Waals surface area contributed by atoms with E-state index in [9.17, 15) is 14.7 Å². The van der Waals surface area contributed by atoms with Gasteiger partial charge >= 0.3 is 6.09 Å². The first-order valence-corrected chi connectivity index (χ1v) is 8.57. The van der Waals surface area contributed by atoms with Crippen LogP contribution in [0.25, 0.3) is 10.9 Å². The normalized spacial score (nSPS) is 19.7. The van der Waals surface area contributed by atoms with E-state index in [1.807, 2.05) is 44.2 Å². The van der Waals surface area contributed by atoms with Gasteiger partial charge in [-0.2, -0.15) is 10.4 Å². The fourth-order valence-electron chi connectivity index (χ4n) is 3.46. The third-order valence-corrected chi connectivity index (χ3v) is 4.64.